The molecule has 0 aliphatic rings. The summed E-state index contributed by atoms with van der Waals surface area (Å²) in [7, 11) is -3.30. The van der Waals surface area contributed by atoms with Crippen LogP contribution in [-0.2, 0) is 10.0 Å². The van der Waals surface area contributed by atoms with Gasteiger partial charge in [-0.15, -0.1) is 0 Å². The summed E-state index contributed by atoms with van der Waals surface area (Å²) in [5.74, 6) is 0.753. The molecule has 0 bridgehead atoms. The maximum atomic E-state index is 11.6. The first-order valence-electron chi connectivity index (χ1n) is 5.90. The molecule has 0 spiro atoms. The fourth-order valence-electron chi connectivity index (χ4n) is 1.38. The Bertz CT molecular complexity index is 455. The van der Waals surface area contributed by atoms with Crippen molar-refractivity contribution >= 4 is 15.7 Å². The summed E-state index contributed by atoms with van der Waals surface area (Å²) < 4.78 is 31.2. The third kappa shape index (κ3) is 5.37. The lowest BCUT2D eigenvalue weighted by molar-refractivity contribution is 0.242. The molecule has 6 heteroatoms. The van der Waals surface area contributed by atoms with Gasteiger partial charge < -0.3 is 10.5 Å². The number of sulfonamides is 1. The van der Waals surface area contributed by atoms with Crippen LogP contribution in [0.5, 0.6) is 5.75 Å². The molecular weight excluding hydrogens is 252 g/mol. The van der Waals surface area contributed by atoms with Crippen molar-refractivity contribution in [2.24, 2.45) is 5.73 Å². The van der Waals surface area contributed by atoms with Gasteiger partial charge in [-0.1, -0.05) is 0 Å². The SMILES string of the molecule is CC(C)Oc1ccc(NS(=O)(=O)CCCN)cc1. The second-order valence-electron chi connectivity index (χ2n) is 4.25. The summed E-state index contributed by atoms with van der Waals surface area (Å²) in [4.78, 5) is 0. The first-order chi connectivity index (χ1) is 8.43. The number of nitrogens with two attached hydrogens (primary N) is 1. The minimum absolute atomic E-state index is 0.0355. The number of ether oxygens (including phenoxy) is 1. The number of rotatable bonds is 7. The van der Waals surface area contributed by atoms with Crippen molar-refractivity contribution in [3.8, 4) is 5.75 Å². The molecule has 0 radical (unpaired) electrons. The maximum Gasteiger partial charge on any atom is 0.232 e. The topological polar surface area (TPSA) is 81.4 Å². The fourth-order valence-corrected chi connectivity index (χ4v) is 2.52. The van der Waals surface area contributed by atoms with Crippen molar-refractivity contribution in [2.75, 3.05) is 17.0 Å². The first kappa shape index (κ1) is 14.8. The Morgan fingerprint density at radius 2 is 1.89 bits per heavy atom. The van der Waals surface area contributed by atoms with E-state index in [9.17, 15) is 8.42 Å². The number of benzene rings is 1. The minimum atomic E-state index is -3.30. The highest BCUT2D eigenvalue weighted by atomic mass is 32.2. The Balaban J connectivity index is 2.63. The molecule has 1 rings (SSSR count). The van der Waals surface area contributed by atoms with E-state index >= 15 is 0 Å². The van der Waals surface area contributed by atoms with Crippen LogP contribution in [-0.4, -0.2) is 26.8 Å². The van der Waals surface area contributed by atoms with Crippen LogP contribution in [0.25, 0.3) is 0 Å². The molecule has 0 aromatic heterocycles. The van der Waals surface area contributed by atoms with E-state index in [-0.39, 0.29) is 11.9 Å². The second-order valence-corrected chi connectivity index (χ2v) is 6.10. The molecule has 0 fully saturated rings. The van der Waals surface area contributed by atoms with Crippen molar-refractivity contribution in [1.82, 2.24) is 0 Å². The molecule has 5 nitrogen and oxygen atoms in total. The molecule has 0 aliphatic carbocycles. The molecule has 0 heterocycles. The van der Waals surface area contributed by atoms with E-state index in [1.54, 1.807) is 24.3 Å². The van der Waals surface area contributed by atoms with Gasteiger partial charge in [0.25, 0.3) is 0 Å². The summed E-state index contributed by atoms with van der Waals surface area (Å²) >= 11 is 0. The van der Waals surface area contributed by atoms with Crippen molar-refractivity contribution in [1.29, 1.82) is 0 Å². The average molecular weight is 272 g/mol. The Hall–Kier alpha value is -1.27. The Labute approximate surface area is 108 Å². The average Bonchev–Trinajstić information content (AvgIpc) is 2.28. The summed E-state index contributed by atoms with van der Waals surface area (Å²) in [5.41, 5.74) is 5.82. The third-order valence-electron chi connectivity index (χ3n) is 2.12. The highest BCUT2D eigenvalue weighted by Gasteiger charge is 2.09. The van der Waals surface area contributed by atoms with Gasteiger partial charge in [0.2, 0.25) is 10.0 Å². The van der Waals surface area contributed by atoms with Gasteiger partial charge in [0, 0.05) is 5.69 Å². The van der Waals surface area contributed by atoms with Crippen LogP contribution < -0.4 is 15.2 Å². The van der Waals surface area contributed by atoms with Crippen molar-refractivity contribution in [3.05, 3.63) is 24.3 Å². The van der Waals surface area contributed by atoms with Gasteiger partial charge in [0.15, 0.2) is 0 Å². The molecule has 0 aliphatic heterocycles. The maximum absolute atomic E-state index is 11.6. The van der Waals surface area contributed by atoms with Gasteiger partial charge in [0.05, 0.1) is 11.9 Å². The van der Waals surface area contributed by atoms with Gasteiger partial charge >= 0.3 is 0 Å². The Morgan fingerprint density at radius 3 is 2.39 bits per heavy atom. The lowest BCUT2D eigenvalue weighted by atomic mass is 10.3. The van der Waals surface area contributed by atoms with Crippen LogP contribution in [0.1, 0.15) is 20.3 Å². The van der Waals surface area contributed by atoms with E-state index in [0.29, 0.717) is 18.7 Å². The third-order valence-corrected chi connectivity index (χ3v) is 3.49. The molecule has 3 N–H and O–H groups in total. The zero-order valence-electron chi connectivity index (χ0n) is 10.7. The van der Waals surface area contributed by atoms with E-state index in [1.807, 2.05) is 13.8 Å². The Kier molecular flexibility index (Phi) is 5.43. The van der Waals surface area contributed by atoms with Crippen LogP contribution >= 0.6 is 0 Å². The minimum Gasteiger partial charge on any atom is -0.491 e. The van der Waals surface area contributed by atoms with Gasteiger partial charge in [0.1, 0.15) is 5.75 Å². The van der Waals surface area contributed by atoms with Crippen LogP contribution in [0.3, 0.4) is 0 Å². The lowest BCUT2D eigenvalue weighted by Crippen LogP contribution is -2.18. The number of nitrogens with one attached hydrogen (secondary N) is 1. The summed E-state index contributed by atoms with van der Waals surface area (Å²) in [6.45, 7) is 4.23. The summed E-state index contributed by atoms with van der Waals surface area (Å²) in [6.07, 6.45) is 0.543. The van der Waals surface area contributed by atoms with E-state index in [2.05, 4.69) is 4.72 Å². The van der Waals surface area contributed by atoms with Gasteiger partial charge in [-0.05, 0) is 51.1 Å². The smallest absolute Gasteiger partial charge is 0.232 e. The van der Waals surface area contributed by atoms with E-state index in [1.165, 1.54) is 0 Å². The molecule has 1 aromatic rings. The second kappa shape index (κ2) is 6.61. The van der Waals surface area contributed by atoms with Gasteiger partial charge in [-0.3, -0.25) is 4.72 Å². The van der Waals surface area contributed by atoms with Gasteiger partial charge in [-0.2, -0.15) is 0 Å². The van der Waals surface area contributed by atoms with Crippen molar-refractivity contribution in [3.63, 3.8) is 0 Å². The molecule has 0 saturated carbocycles. The highest BCUT2D eigenvalue weighted by Crippen LogP contribution is 2.17. The largest absolute Gasteiger partial charge is 0.491 e. The molecule has 1 aromatic carbocycles. The van der Waals surface area contributed by atoms with Gasteiger partial charge in [-0.25, -0.2) is 8.42 Å². The van der Waals surface area contributed by atoms with Crippen LogP contribution in [0.2, 0.25) is 0 Å². The fraction of sp³-hybridized carbons (Fsp3) is 0.500. The molecule has 18 heavy (non-hydrogen) atoms. The zero-order chi connectivity index (χ0) is 13.6. The normalized spacial score (nSPS) is 11.6. The quantitative estimate of drug-likeness (QED) is 0.789. The molecular formula is C12H20N2O3S. The van der Waals surface area contributed by atoms with Crippen LogP contribution in [0, 0.1) is 0 Å². The molecule has 0 unspecified atom stereocenters. The van der Waals surface area contributed by atoms with E-state index in [0.717, 1.165) is 5.75 Å². The highest BCUT2D eigenvalue weighted by molar-refractivity contribution is 7.92. The first-order valence-corrected chi connectivity index (χ1v) is 7.55. The van der Waals surface area contributed by atoms with Crippen LogP contribution in [0.4, 0.5) is 5.69 Å². The lowest BCUT2D eigenvalue weighted by Gasteiger charge is -2.11. The standard InChI is InChI=1S/C12H20N2O3S/c1-10(2)17-12-6-4-11(5-7-12)14-18(15,16)9-3-8-13/h4-7,10,14H,3,8-9,13H2,1-2H3. The zero-order valence-corrected chi connectivity index (χ0v) is 11.5. The van der Waals surface area contributed by atoms with E-state index < -0.39 is 10.0 Å². The molecule has 102 valence electrons. The van der Waals surface area contributed by atoms with Crippen molar-refractivity contribution in [2.45, 2.75) is 26.4 Å². The number of hydrogen-bond acceptors (Lipinski definition) is 4. The van der Waals surface area contributed by atoms with Crippen LogP contribution in [0.15, 0.2) is 24.3 Å². The number of anilines is 1. The predicted octanol–water partition coefficient (Wildman–Crippen LogP) is 1.56. The van der Waals surface area contributed by atoms with E-state index in [4.69, 9.17) is 10.5 Å². The number of hydrogen-bond donors (Lipinski definition) is 2. The molecule has 0 saturated heterocycles. The van der Waals surface area contributed by atoms with Crippen molar-refractivity contribution < 1.29 is 13.2 Å². The Morgan fingerprint density at radius 1 is 1.28 bits per heavy atom. The monoisotopic (exact) mass is 272 g/mol. The molecule has 0 atom stereocenters. The predicted molar refractivity (Wildman–Crippen MR) is 73.3 cm³/mol. The molecule has 0 amide bonds. The summed E-state index contributed by atoms with van der Waals surface area (Å²) in [6, 6.07) is 6.83. The summed E-state index contributed by atoms with van der Waals surface area (Å²) in [5, 5.41) is 0.